The van der Waals surface area contributed by atoms with Crippen LogP contribution in [-0.2, 0) is 0 Å². The topological polar surface area (TPSA) is 91.3 Å². The third kappa shape index (κ3) is 4.14. The van der Waals surface area contributed by atoms with E-state index >= 15 is 0 Å². The summed E-state index contributed by atoms with van der Waals surface area (Å²) in [5.41, 5.74) is 1.46. The van der Waals surface area contributed by atoms with Crippen LogP contribution >= 0.6 is 11.3 Å². The summed E-state index contributed by atoms with van der Waals surface area (Å²) in [5.74, 6) is -1.65. The number of carbonyl (C=O) groups is 2. The second-order valence-electron chi connectivity index (χ2n) is 6.06. The van der Waals surface area contributed by atoms with Crippen molar-refractivity contribution in [2.75, 3.05) is 6.54 Å². The molecule has 0 bridgehead atoms. The summed E-state index contributed by atoms with van der Waals surface area (Å²) in [6.07, 6.45) is 3.96. The Labute approximate surface area is 148 Å². The van der Waals surface area contributed by atoms with E-state index in [1.54, 1.807) is 5.51 Å². The van der Waals surface area contributed by atoms with Crippen LogP contribution in [-0.4, -0.2) is 34.5 Å². The van der Waals surface area contributed by atoms with Gasteiger partial charge in [-0.3, -0.25) is 14.6 Å². The predicted molar refractivity (Wildman–Crippen MR) is 91.1 cm³/mol. The zero-order valence-electron chi connectivity index (χ0n) is 13.4. The summed E-state index contributed by atoms with van der Waals surface area (Å²) < 4.78 is 13.7. The van der Waals surface area contributed by atoms with Crippen LogP contribution in [0.5, 0.6) is 5.75 Å². The number of rotatable bonds is 6. The number of nitrogens with zero attached hydrogens (tertiary/aromatic N) is 1. The predicted octanol–water partition coefficient (Wildman–Crippen LogP) is 2.32. The van der Waals surface area contributed by atoms with Crippen molar-refractivity contribution in [3.8, 4) is 5.75 Å². The van der Waals surface area contributed by atoms with Gasteiger partial charge in [0.15, 0.2) is 11.6 Å². The van der Waals surface area contributed by atoms with Crippen molar-refractivity contribution in [2.24, 2.45) is 5.92 Å². The maximum atomic E-state index is 13.7. The molecule has 1 saturated carbocycles. The van der Waals surface area contributed by atoms with Crippen LogP contribution in [0.2, 0.25) is 0 Å². The van der Waals surface area contributed by atoms with Crippen LogP contribution in [0.3, 0.4) is 0 Å². The Morgan fingerprint density at radius 1 is 1.32 bits per heavy atom. The van der Waals surface area contributed by atoms with E-state index in [0.29, 0.717) is 17.3 Å². The molecule has 2 amide bonds. The molecule has 132 valence electrons. The summed E-state index contributed by atoms with van der Waals surface area (Å²) in [7, 11) is 0. The number of halogens is 1. The van der Waals surface area contributed by atoms with E-state index in [4.69, 9.17) is 0 Å². The highest BCUT2D eigenvalue weighted by atomic mass is 32.1. The van der Waals surface area contributed by atoms with Crippen molar-refractivity contribution in [1.82, 2.24) is 15.6 Å². The first kappa shape index (κ1) is 17.3. The molecule has 1 fully saturated rings. The Bertz CT molecular complexity index is 761. The van der Waals surface area contributed by atoms with E-state index in [1.807, 2.05) is 0 Å². The molecule has 1 aromatic heterocycles. The number of amides is 2. The minimum Gasteiger partial charge on any atom is -0.505 e. The number of phenolic OH excluding ortho intramolecular Hbond substituents is 1. The Hall–Kier alpha value is -2.48. The average molecular weight is 363 g/mol. The van der Waals surface area contributed by atoms with Gasteiger partial charge in [-0.15, -0.1) is 11.3 Å². The van der Waals surface area contributed by atoms with Gasteiger partial charge in [-0.2, -0.15) is 0 Å². The van der Waals surface area contributed by atoms with E-state index in [9.17, 15) is 19.1 Å². The van der Waals surface area contributed by atoms with Crippen LogP contribution in [0.4, 0.5) is 4.39 Å². The molecule has 0 spiro atoms. The van der Waals surface area contributed by atoms with E-state index in [-0.39, 0.29) is 17.5 Å². The molecule has 3 rings (SSSR count). The molecular formula is C17H18FN3O3S. The number of hydrogen-bond acceptors (Lipinski definition) is 5. The minimum atomic E-state index is -0.901. The van der Waals surface area contributed by atoms with Gasteiger partial charge in [0.2, 0.25) is 0 Å². The SMILES string of the molecule is O=C(NCCC1CC(NC(=O)c2cccc(O)c2F)C1)c1cncs1. The summed E-state index contributed by atoms with van der Waals surface area (Å²) >= 11 is 1.30. The van der Waals surface area contributed by atoms with Gasteiger partial charge in [0, 0.05) is 12.6 Å². The van der Waals surface area contributed by atoms with E-state index in [0.717, 1.165) is 19.3 Å². The molecule has 0 aliphatic heterocycles. The second-order valence-corrected chi connectivity index (χ2v) is 6.94. The molecule has 0 saturated heterocycles. The standard InChI is InChI=1S/C17H18FN3O3S/c18-15-12(2-1-3-13(15)22)16(23)21-11-6-10(7-11)4-5-20-17(24)14-8-19-9-25-14/h1-3,8-11,22H,4-7H2,(H,20,24)(H,21,23). The summed E-state index contributed by atoms with van der Waals surface area (Å²) in [4.78, 5) is 28.3. The Kier molecular flexibility index (Phi) is 5.28. The normalized spacial score (nSPS) is 19.1. The third-order valence-corrected chi connectivity index (χ3v) is 5.06. The number of aromatic nitrogens is 1. The lowest BCUT2D eigenvalue weighted by molar-refractivity contribution is 0.0879. The quantitative estimate of drug-likeness (QED) is 0.734. The zero-order chi connectivity index (χ0) is 17.8. The number of thiazole rings is 1. The molecule has 8 heteroatoms. The lowest BCUT2D eigenvalue weighted by atomic mass is 9.78. The molecule has 2 aromatic rings. The van der Waals surface area contributed by atoms with E-state index in [1.165, 1.54) is 35.7 Å². The fourth-order valence-electron chi connectivity index (χ4n) is 2.85. The molecule has 1 aromatic carbocycles. The van der Waals surface area contributed by atoms with Crippen LogP contribution in [0.25, 0.3) is 0 Å². The van der Waals surface area contributed by atoms with Gasteiger partial charge in [0.05, 0.1) is 17.3 Å². The smallest absolute Gasteiger partial charge is 0.262 e. The molecule has 1 heterocycles. The highest BCUT2D eigenvalue weighted by Crippen LogP contribution is 2.30. The summed E-state index contributed by atoms with van der Waals surface area (Å²) in [5, 5.41) is 14.9. The molecule has 0 atom stereocenters. The Morgan fingerprint density at radius 3 is 2.84 bits per heavy atom. The van der Waals surface area contributed by atoms with Crippen molar-refractivity contribution < 1.29 is 19.1 Å². The minimum absolute atomic E-state index is 0.00329. The van der Waals surface area contributed by atoms with Gasteiger partial charge in [0.1, 0.15) is 4.88 Å². The fourth-order valence-corrected chi connectivity index (χ4v) is 3.39. The third-order valence-electron chi connectivity index (χ3n) is 4.29. The van der Waals surface area contributed by atoms with Gasteiger partial charge in [-0.1, -0.05) is 6.07 Å². The molecule has 25 heavy (non-hydrogen) atoms. The first-order chi connectivity index (χ1) is 12.0. The summed E-state index contributed by atoms with van der Waals surface area (Å²) in [6, 6.07) is 3.97. The van der Waals surface area contributed by atoms with Crippen molar-refractivity contribution in [1.29, 1.82) is 0 Å². The van der Waals surface area contributed by atoms with Crippen molar-refractivity contribution >= 4 is 23.2 Å². The first-order valence-electron chi connectivity index (χ1n) is 7.99. The maximum absolute atomic E-state index is 13.7. The highest BCUT2D eigenvalue weighted by molar-refractivity contribution is 7.11. The van der Waals surface area contributed by atoms with Crippen LogP contribution in [0.15, 0.2) is 29.9 Å². The van der Waals surface area contributed by atoms with E-state index in [2.05, 4.69) is 15.6 Å². The van der Waals surface area contributed by atoms with Gasteiger partial charge in [-0.05, 0) is 37.3 Å². The first-order valence-corrected chi connectivity index (χ1v) is 8.87. The largest absolute Gasteiger partial charge is 0.505 e. The van der Waals surface area contributed by atoms with Gasteiger partial charge < -0.3 is 15.7 Å². The molecule has 3 N–H and O–H groups in total. The number of carbonyl (C=O) groups excluding carboxylic acids is 2. The van der Waals surface area contributed by atoms with E-state index < -0.39 is 17.5 Å². The van der Waals surface area contributed by atoms with Crippen LogP contribution < -0.4 is 10.6 Å². The maximum Gasteiger partial charge on any atom is 0.262 e. The monoisotopic (exact) mass is 363 g/mol. The molecular weight excluding hydrogens is 345 g/mol. The van der Waals surface area contributed by atoms with Gasteiger partial charge in [0.25, 0.3) is 11.8 Å². The molecule has 1 aliphatic rings. The number of aromatic hydroxyl groups is 1. The van der Waals surface area contributed by atoms with Crippen molar-refractivity contribution in [3.63, 3.8) is 0 Å². The Morgan fingerprint density at radius 2 is 2.12 bits per heavy atom. The fraction of sp³-hybridized carbons (Fsp3) is 0.353. The number of hydrogen-bond donors (Lipinski definition) is 3. The zero-order valence-corrected chi connectivity index (χ0v) is 14.2. The Balaban J connectivity index is 1.37. The van der Waals surface area contributed by atoms with Gasteiger partial charge >= 0.3 is 0 Å². The highest BCUT2D eigenvalue weighted by Gasteiger charge is 2.30. The number of nitrogens with one attached hydrogen (secondary N) is 2. The molecule has 6 nitrogen and oxygen atoms in total. The van der Waals surface area contributed by atoms with Crippen molar-refractivity contribution in [3.05, 3.63) is 46.2 Å². The number of phenols is 1. The van der Waals surface area contributed by atoms with Crippen LogP contribution in [0.1, 0.15) is 39.3 Å². The molecule has 0 unspecified atom stereocenters. The summed E-state index contributed by atoms with van der Waals surface area (Å²) in [6.45, 7) is 0.573. The van der Waals surface area contributed by atoms with Crippen molar-refractivity contribution in [2.45, 2.75) is 25.3 Å². The van der Waals surface area contributed by atoms with Crippen LogP contribution in [0, 0.1) is 11.7 Å². The molecule has 0 radical (unpaired) electrons. The number of benzene rings is 1. The van der Waals surface area contributed by atoms with Gasteiger partial charge in [-0.25, -0.2) is 4.39 Å². The molecule has 1 aliphatic carbocycles. The second kappa shape index (κ2) is 7.60. The lowest BCUT2D eigenvalue weighted by Crippen LogP contribution is -2.45. The average Bonchev–Trinajstić information content (AvgIpc) is 3.09. The lowest BCUT2D eigenvalue weighted by Gasteiger charge is -2.36.